The molecule has 30 heavy (non-hydrogen) atoms. The molecule has 0 spiro atoms. The lowest BCUT2D eigenvalue weighted by Crippen LogP contribution is -2.52. The Hall–Kier alpha value is -1.18. The van der Waals surface area contributed by atoms with Gasteiger partial charge in [-0.1, -0.05) is 12.8 Å². The van der Waals surface area contributed by atoms with E-state index in [2.05, 4.69) is 5.32 Å². The van der Waals surface area contributed by atoms with Crippen molar-refractivity contribution in [1.82, 2.24) is 10.2 Å². The minimum Gasteiger partial charge on any atom is -0.378 e. The molecule has 2 heterocycles. The summed E-state index contributed by atoms with van der Waals surface area (Å²) in [6.07, 6.45) is 10.3. The summed E-state index contributed by atoms with van der Waals surface area (Å²) in [6, 6.07) is -0.0184. The average molecular weight is 423 g/mol. The minimum absolute atomic E-state index is 0.0184. The molecular weight excluding hydrogens is 384 g/mol. The van der Waals surface area contributed by atoms with Crippen molar-refractivity contribution in [2.45, 2.75) is 82.5 Å². The van der Waals surface area contributed by atoms with E-state index in [-0.39, 0.29) is 41.9 Å². The summed E-state index contributed by atoms with van der Waals surface area (Å²) < 4.78 is 17.1. The Morgan fingerprint density at radius 3 is 2.40 bits per heavy atom. The first kappa shape index (κ1) is 22.0. The number of ether oxygens (including phenoxy) is 3. The van der Waals surface area contributed by atoms with Crippen LogP contribution < -0.4 is 5.32 Å². The van der Waals surface area contributed by atoms with E-state index in [1.165, 1.54) is 0 Å². The molecule has 0 radical (unpaired) electrons. The predicted molar refractivity (Wildman–Crippen MR) is 112 cm³/mol. The molecule has 7 heteroatoms. The van der Waals surface area contributed by atoms with Crippen molar-refractivity contribution in [2.75, 3.05) is 39.5 Å². The summed E-state index contributed by atoms with van der Waals surface area (Å²) in [5, 5.41) is 3.27. The summed E-state index contributed by atoms with van der Waals surface area (Å²) in [7, 11) is 0. The van der Waals surface area contributed by atoms with E-state index < -0.39 is 0 Å². The van der Waals surface area contributed by atoms with E-state index >= 15 is 0 Å². The summed E-state index contributed by atoms with van der Waals surface area (Å²) in [5.74, 6) is 0.314. The first-order valence-electron chi connectivity index (χ1n) is 12.1. The van der Waals surface area contributed by atoms with Gasteiger partial charge in [-0.25, -0.2) is 0 Å². The lowest BCUT2D eigenvalue weighted by molar-refractivity contribution is -0.142. The fraction of sp³-hybridized carbons (Fsp3) is 0.913. The molecule has 0 aromatic carbocycles. The van der Waals surface area contributed by atoms with Gasteiger partial charge in [-0.2, -0.15) is 0 Å². The molecule has 2 aliphatic heterocycles. The fourth-order valence-corrected chi connectivity index (χ4v) is 5.43. The monoisotopic (exact) mass is 422 g/mol. The summed E-state index contributed by atoms with van der Waals surface area (Å²) >= 11 is 0. The Morgan fingerprint density at radius 2 is 1.67 bits per heavy atom. The molecular formula is C23H38N2O5. The van der Waals surface area contributed by atoms with Crippen LogP contribution in [0.3, 0.4) is 0 Å². The standard InChI is InChI=1S/C23H38N2O5/c26-22(17-7-9-18(10-8-17)30-16-19-4-3-13-29-19)24-21-6-2-1-5-20(21)23(27)25-11-14-28-15-12-25/h17-21H,1-16H2,(H,24,26). The second-order valence-electron chi connectivity index (χ2n) is 9.39. The number of carbonyl (C=O) groups is 2. The summed E-state index contributed by atoms with van der Waals surface area (Å²) in [5.41, 5.74) is 0. The molecule has 0 bridgehead atoms. The maximum atomic E-state index is 13.0. The van der Waals surface area contributed by atoms with Gasteiger partial charge in [0.15, 0.2) is 0 Å². The van der Waals surface area contributed by atoms with Crippen molar-refractivity contribution in [3.63, 3.8) is 0 Å². The molecule has 4 fully saturated rings. The number of hydrogen-bond acceptors (Lipinski definition) is 5. The molecule has 170 valence electrons. The van der Waals surface area contributed by atoms with Crippen LogP contribution >= 0.6 is 0 Å². The number of carbonyl (C=O) groups excluding carboxylic acids is 2. The highest BCUT2D eigenvalue weighted by Gasteiger charge is 2.37. The van der Waals surface area contributed by atoms with Gasteiger partial charge in [0, 0.05) is 31.7 Å². The van der Waals surface area contributed by atoms with Gasteiger partial charge in [-0.3, -0.25) is 9.59 Å². The van der Waals surface area contributed by atoms with Gasteiger partial charge in [0.2, 0.25) is 11.8 Å². The largest absolute Gasteiger partial charge is 0.378 e. The SMILES string of the molecule is O=C(NC1CCCCC1C(=O)N1CCOCC1)C1CCC(OCC2CCCO2)CC1. The Morgan fingerprint density at radius 1 is 0.900 bits per heavy atom. The molecule has 2 saturated carbocycles. The molecule has 3 atom stereocenters. The van der Waals surface area contributed by atoms with Crippen LogP contribution in [-0.2, 0) is 23.8 Å². The number of morpholine rings is 1. The third-order valence-corrected chi connectivity index (χ3v) is 7.32. The van der Waals surface area contributed by atoms with Crippen molar-refractivity contribution in [3.8, 4) is 0 Å². The highest BCUT2D eigenvalue weighted by atomic mass is 16.5. The second-order valence-corrected chi connectivity index (χ2v) is 9.39. The van der Waals surface area contributed by atoms with Crippen molar-refractivity contribution in [1.29, 1.82) is 0 Å². The van der Waals surface area contributed by atoms with Gasteiger partial charge in [0.25, 0.3) is 0 Å². The van der Waals surface area contributed by atoms with Crippen LogP contribution in [0.5, 0.6) is 0 Å². The van der Waals surface area contributed by atoms with E-state index in [0.29, 0.717) is 32.9 Å². The second kappa shape index (κ2) is 10.9. The van der Waals surface area contributed by atoms with Crippen LogP contribution in [0, 0.1) is 11.8 Å². The highest BCUT2D eigenvalue weighted by molar-refractivity contribution is 5.83. The van der Waals surface area contributed by atoms with Crippen LogP contribution in [0.4, 0.5) is 0 Å². The maximum Gasteiger partial charge on any atom is 0.227 e. The highest BCUT2D eigenvalue weighted by Crippen LogP contribution is 2.30. The third-order valence-electron chi connectivity index (χ3n) is 7.32. The number of hydrogen-bond donors (Lipinski definition) is 1. The molecule has 7 nitrogen and oxygen atoms in total. The molecule has 0 aromatic heterocycles. The molecule has 4 aliphatic rings. The fourth-order valence-electron chi connectivity index (χ4n) is 5.43. The van der Waals surface area contributed by atoms with Gasteiger partial charge < -0.3 is 24.4 Å². The van der Waals surface area contributed by atoms with Crippen LogP contribution in [0.1, 0.15) is 64.2 Å². The zero-order valence-corrected chi connectivity index (χ0v) is 18.2. The molecule has 4 rings (SSSR count). The molecule has 0 aromatic rings. The van der Waals surface area contributed by atoms with Crippen molar-refractivity contribution >= 4 is 11.8 Å². The predicted octanol–water partition coefficient (Wildman–Crippen LogP) is 2.27. The van der Waals surface area contributed by atoms with E-state index in [1.54, 1.807) is 0 Å². The third kappa shape index (κ3) is 5.74. The number of nitrogens with one attached hydrogen (secondary N) is 1. The topological polar surface area (TPSA) is 77.1 Å². The van der Waals surface area contributed by atoms with E-state index in [9.17, 15) is 9.59 Å². The normalized spacial score (nSPS) is 35.2. The van der Waals surface area contributed by atoms with E-state index in [1.807, 2.05) is 4.90 Å². The van der Waals surface area contributed by atoms with Crippen molar-refractivity contribution in [2.24, 2.45) is 11.8 Å². The Bertz CT molecular complexity index is 566. The molecule has 3 unspecified atom stereocenters. The smallest absolute Gasteiger partial charge is 0.227 e. The van der Waals surface area contributed by atoms with Gasteiger partial charge in [-0.15, -0.1) is 0 Å². The van der Waals surface area contributed by atoms with Gasteiger partial charge in [0.05, 0.1) is 37.9 Å². The Balaban J connectivity index is 1.22. The quantitative estimate of drug-likeness (QED) is 0.711. The van der Waals surface area contributed by atoms with Crippen LogP contribution in [0.25, 0.3) is 0 Å². The molecule has 2 saturated heterocycles. The minimum atomic E-state index is -0.0770. The zero-order valence-electron chi connectivity index (χ0n) is 18.2. The first-order valence-corrected chi connectivity index (χ1v) is 12.1. The zero-order chi connectivity index (χ0) is 20.8. The van der Waals surface area contributed by atoms with Gasteiger partial charge in [-0.05, 0) is 51.4 Å². The number of nitrogens with zero attached hydrogens (tertiary/aromatic N) is 1. The number of amides is 2. The molecule has 2 aliphatic carbocycles. The van der Waals surface area contributed by atoms with Crippen molar-refractivity contribution < 1.29 is 23.8 Å². The lowest BCUT2D eigenvalue weighted by Gasteiger charge is -2.37. The Kier molecular flexibility index (Phi) is 8.01. The van der Waals surface area contributed by atoms with Gasteiger partial charge in [0.1, 0.15) is 0 Å². The van der Waals surface area contributed by atoms with Crippen LogP contribution in [0.2, 0.25) is 0 Å². The first-order chi connectivity index (χ1) is 14.7. The molecule has 1 N–H and O–H groups in total. The van der Waals surface area contributed by atoms with Crippen LogP contribution in [-0.4, -0.2) is 74.5 Å². The average Bonchev–Trinajstić information content (AvgIpc) is 3.32. The van der Waals surface area contributed by atoms with Crippen LogP contribution in [0.15, 0.2) is 0 Å². The summed E-state index contributed by atoms with van der Waals surface area (Å²) in [6.45, 7) is 4.13. The molecule has 2 amide bonds. The van der Waals surface area contributed by atoms with Gasteiger partial charge >= 0.3 is 0 Å². The van der Waals surface area contributed by atoms with E-state index in [4.69, 9.17) is 14.2 Å². The van der Waals surface area contributed by atoms with Crippen molar-refractivity contribution in [3.05, 3.63) is 0 Å². The van der Waals surface area contributed by atoms with E-state index in [0.717, 1.165) is 70.8 Å². The Labute approximate surface area is 180 Å². The lowest BCUT2D eigenvalue weighted by atomic mass is 9.82. The summed E-state index contributed by atoms with van der Waals surface area (Å²) in [4.78, 5) is 27.9. The maximum absolute atomic E-state index is 13.0. The number of rotatable bonds is 6.